The van der Waals surface area contributed by atoms with Gasteiger partial charge in [-0.05, 0) is 48.8 Å². The van der Waals surface area contributed by atoms with Gasteiger partial charge in [-0.2, -0.15) is 11.3 Å². The Hall–Kier alpha value is -0.340. The highest BCUT2D eigenvalue weighted by Gasteiger charge is 2.21. The van der Waals surface area contributed by atoms with Crippen LogP contribution in [0.3, 0.4) is 0 Å². The summed E-state index contributed by atoms with van der Waals surface area (Å²) in [6, 6.07) is 2.88. The number of rotatable bonds is 2. The largest absolute Gasteiger partial charge is 0.296 e. The van der Waals surface area contributed by atoms with Crippen molar-refractivity contribution in [3.63, 3.8) is 0 Å². The lowest BCUT2D eigenvalue weighted by molar-refractivity contribution is 0.129. The molecule has 2 heteroatoms. The van der Waals surface area contributed by atoms with Gasteiger partial charge in [-0.25, -0.2) is 0 Å². The lowest BCUT2D eigenvalue weighted by atomic mass is 10.1. The summed E-state index contributed by atoms with van der Waals surface area (Å²) in [5.41, 5.74) is 1.48. The van der Waals surface area contributed by atoms with Gasteiger partial charge in [0, 0.05) is 6.04 Å². The number of hydrogen-bond acceptors (Lipinski definition) is 2. The molecule has 1 fully saturated rings. The normalized spacial score (nSPS) is 21.2. The molecular weight excluding hydrogens is 154 g/mol. The highest BCUT2D eigenvalue weighted by atomic mass is 32.1. The van der Waals surface area contributed by atoms with Gasteiger partial charge in [0.2, 0.25) is 0 Å². The molecule has 1 aromatic rings. The molecule has 11 heavy (non-hydrogen) atoms. The zero-order valence-corrected chi connectivity index (χ0v) is 7.60. The van der Waals surface area contributed by atoms with Crippen LogP contribution in [0.25, 0.3) is 0 Å². The van der Waals surface area contributed by atoms with Gasteiger partial charge in [-0.3, -0.25) is 4.90 Å². The first-order valence-corrected chi connectivity index (χ1v) is 5.08. The molecule has 0 saturated carbocycles. The minimum Gasteiger partial charge on any atom is -0.296 e. The lowest BCUT2D eigenvalue weighted by Gasteiger charge is -2.36. The Morgan fingerprint density at radius 2 is 2.36 bits per heavy atom. The second-order valence-electron chi connectivity index (χ2n) is 3.12. The molecule has 1 aromatic heterocycles. The quantitative estimate of drug-likeness (QED) is 0.654. The molecule has 0 aromatic carbocycles. The van der Waals surface area contributed by atoms with Gasteiger partial charge >= 0.3 is 0 Å². The first-order chi connectivity index (χ1) is 5.38. The average molecular weight is 167 g/mol. The standard InChI is InChI=1S/C9H13NS/c1-8(10-4-2-5-10)9-3-6-11-7-9/h3,6-8H,2,4-5H2,1H3. The fourth-order valence-corrected chi connectivity index (χ4v) is 2.20. The molecule has 0 amide bonds. The Balaban J connectivity index is 2.04. The molecule has 0 radical (unpaired) electrons. The van der Waals surface area contributed by atoms with E-state index in [2.05, 4.69) is 28.7 Å². The molecule has 1 nitrogen and oxygen atoms in total. The van der Waals surface area contributed by atoms with E-state index in [9.17, 15) is 0 Å². The van der Waals surface area contributed by atoms with Crippen molar-refractivity contribution in [1.82, 2.24) is 4.90 Å². The molecule has 60 valence electrons. The zero-order valence-electron chi connectivity index (χ0n) is 6.79. The lowest BCUT2D eigenvalue weighted by Crippen LogP contribution is -2.38. The van der Waals surface area contributed by atoms with Crippen LogP contribution in [0.5, 0.6) is 0 Å². The van der Waals surface area contributed by atoms with E-state index >= 15 is 0 Å². The maximum Gasteiger partial charge on any atom is 0.0328 e. The van der Waals surface area contributed by atoms with Crippen LogP contribution in [0, 0.1) is 0 Å². The van der Waals surface area contributed by atoms with E-state index in [4.69, 9.17) is 0 Å². The monoisotopic (exact) mass is 167 g/mol. The summed E-state index contributed by atoms with van der Waals surface area (Å²) < 4.78 is 0. The average Bonchev–Trinajstić information content (AvgIpc) is 2.32. The van der Waals surface area contributed by atoms with Crippen LogP contribution in [0.1, 0.15) is 24.9 Å². The maximum atomic E-state index is 2.52. The van der Waals surface area contributed by atoms with Gasteiger partial charge in [-0.15, -0.1) is 0 Å². The molecule has 0 bridgehead atoms. The summed E-state index contributed by atoms with van der Waals surface area (Å²) in [5, 5.41) is 4.41. The van der Waals surface area contributed by atoms with Crippen molar-refractivity contribution in [1.29, 1.82) is 0 Å². The molecule has 1 unspecified atom stereocenters. The van der Waals surface area contributed by atoms with Gasteiger partial charge in [0.1, 0.15) is 0 Å². The molecule has 1 atom stereocenters. The van der Waals surface area contributed by atoms with Gasteiger partial charge < -0.3 is 0 Å². The Morgan fingerprint density at radius 3 is 2.82 bits per heavy atom. The predicted molar refractivity (Wildman–Crippen MR) is 48.9 cm³/mol. The van der Waals surface area contributed by atoms with E-state index in [0.717, 1.165) is 0 Å². The number of hydrogen-bond donors (Lipinski definition) is 0. The maximum absolute atomic E-state index is 2.52. The van der Waals surface area contributed by atoms with Crippen LogP contribution in [-0.2, 0) is 0 Å². The highest BCUT2D eigenvalue weighted by Crippen LogP contribution is 2.26. The summed E-state index contributed by atoms with van der Waals surface area (Å²) in [6.07, 6.45) is 1.38. The summed E-state index contributed by atoms with van der Waals surface area (Å²) >= 11 is 1.79. The third kappa shape index (κ3) is 1.33. The molecule has 1 aliphatic rings. The van der Waals surface area contributed by atoms with E-state index in [1.54, 1.807) is 11.3 Å². The van der Waals surface area contributed by atoms with Crippen molar-refractivity contribution in [3.05, 3.63) is 22.4 Å². The summed E-state index contributed by atoms with van der Waals surface area (Å²) in [7, 11) is 0. The van der Waals surface area contributed by atoms with Gasteiger partial charge in [0.05, 0.1) is 0 Å². The van der Waals surface area contributed by atoms with Crippen molar-refractivity contribution in [2.75, 3.05) is 13.1 Å². The van der Waals surface area contributed by atoms with Gasteiger partial charge in [0.25, 0.3) is 0 Å². The highest BCUT2D eigenvalue weighted by molar-refractivity contribution is 7.07. The van der Waals surface area contributed by atoms with Crippen LogP contribution in [-0.4, -0.2) is 18.0 Å². The van der Waals surface area contributed by atoms with Crippen LogP contribution >= 0.6 is 11.3 Å². The topological polar surface area (TPSA) is 3.24 Å². The molecular formula is C9H13NS. The minimum absolute atomic E-state index is 0.648. The predicted octanol–water partition coefficient (Wildman–Crippen LogP) is 2.51. The molecule has 1 aliphatic heterocycles. The first-order valence-electron chi connectivity index (χ1n) is 4.14. The second kappa shape index (κ2) is 2.95. The third-order valence-corrected chi connectivity index (χ3v) is 3.17. The molecule has 2 heterocycles. The van der Waals surface area contributed by atoms with Gasteiger partial charge in [0.15, 0.2) is 0 Å². The number of thiophene rings is 1. The Kier molecular flexibility index (Phi) is 1.96. The molecule has 2 rings (SSSR count). The Morgan fingerprint density at radius 1 is 1.55 bits per heavy atom. The van der Waals surface area contributed by atoms with E-state index in [1.165, 1.54) is 25.1 Å². The smallest absolute Gasteiger partial charge is 0.0328 e. The fourth-order valence-electron chi connectivity index (χ4n) is 1.45. The van der Waals surface area contributed by atoms with Crippen molar-refractivity contribution >= 4 is 11.3 Å². The summed E-state index contributed by atoms with van der Waals surface area (Å²) in [6.45, 7) is 4.87. The SMILES string of the molecule is CC(c1ccsc1)N1CCC1. The zero-order chi connectivity index (χ0) is 7.68. The van der Waals surface area contributed by atoms with Crippen molar-refractivity contribution in [2.24, 2.45) is 0 Å². The number of nitrogens with zero attached hydrogens (tertiary/aromatic N) is 1. The number of likely N-dealkylation sites (tertiary alicyclic amines) is 1. The summed E-state index contributed by atoms with van der Waals surface area (Å²) in [4.78, 5) is 2.52. The molecule has 0 aliphatic carbocycles. The van der Waals surface area contributed by atoms with Crippen molar-refractivity contribution in [2.45, 2.75) is 19.4 Å². The van der Waals surface area contributed by atoms with Crippen LogP contribution in [0.15, 0.2) is 16.8 Å². The third-order valence-electron chi connectivity index (χ3n) is 2.46. The van der Waals surface area contributed by atoms with Gasteiger partial charge in [-0.1, -0.05) is 0 Å². The van der Waals surface area contributed by atoms with E-state index in [-0.39, 0.29) is 0 Å². The summed E-state index contributed by atoms with van der Waals surface area (Å²) in [5.74, 6) is 0. The fraction of sp³-hybridized carbons (Fsp3) is 0.556. The molecule has 0 N–H and O–H groups in total. The van der Waals surface area contributed by atoms with Crippen LogP contribution in [0.4, 0.5) is 0 Å². The Bertz CT molecular complexity index is 213. The van der Waals surface area contributed by atoms with E-state index < -0.39 is 0 Å². The molecule has 0 spiro atoms. The first kappa shape index (κ1) is 7.32. The molecule has 1 saturated heterocycles. The van der Waals surface area contributed by atoms with Crippen LogP contribution in [0.2, 0.25) is 0 Å². The van der Waals surface area contributed by atoms with Crippen molar-refractivity contribution in [3.8, 4) is 0 Å². The van der Waals surface area contributed by atoms with Crippen LogP contribution < -0.4 is 0 Å². The van der Waals surface area contributed by atoms with Crippen molar-refractivity contribution < 1.29 is 0 Å². The Labute approximate surface area is 71.7 Å². The second-order valence-corrected chi connectivity index (χ2v) is 3.90. The van der Waals surface area contributed by atoms with E-state index in [0.29, 0.717) is 6.04 Å². The minimum atomic E-state index is 0.648. The van der Waals surface area contributed by atoms with E-state index in [1.807, 2.05) is 0 Å².